The van der Waals surface area contributed by atoms with Gasteiger partial charge in [-0.1, -0.05) is 30.3 Å². The quantitative estimate of drug-likeness (QED) is 0.748. The Morgan fingerprint density at radius 1 is 0.968 bits per heavy atom. The Bertz CT molecular complexity index is 892. The summed E-state index contributed by atoms with van der Waals surface area (Å²) in [5.41, 5.74) is 1.22. The molecule has 1 N–H and O–H groups in total. The highest BCUT2D eigenvalue weighted by Gasteiger charge is 2.34. The van der Waals surface area contributed by atoms with Crippen molar-refractivity contribution in [2.75, 3.05) is 45.8 Å². The summed E-state index contributed by atoms with van der Waals surface area (Å²) in [5.74, 6) is 0.0275. The average molecular weight is 425 g/mol. The number of hydrogen-bond acceptors (Lipinski definition) is 5. The molecule has 0 spiro atoms. The molecule has 0 bridgehead atoms. The third-order valence-corrected chi connectivity index (χ3v) is 5.99. The molecule has 0 aliphatic carbocycles. The molecule has 8 nitrogen and oxygen atoms in total. The first-order valence-corrected chi connectivity index (χ1v) is 10.8. The van der Waals surface area contributed by atoms with E-state index < -0.39 is 6.04 Å². The van der Waals surface area contributed by atoms with Gasteiger partial charge >= 0.3 is 0 Å². The van der Waals surface area contributed by atoms with Crippen molar-refractivity contribution in [2.45, 2.75) is 18.9 Å². The normalized spacial score (nSPS) is 19.9. The highest BCUT2D eigenvalue weighted by Crippen LogP contribution is 2.15. The second-order valence-corrected chi connectivity index (χ2v) is 7.93. The van der Waals surface area contributed by atoms with Crippen molar-refractivity contribution in [3.8, 4) is 0 Å². The van der Waals surface area contributed by atoms with Crippen LogP contribution in [0.3, 0.4) is 0 Å². The molecular formula is C23H28N4O4. The minimum absolute atomic E-state index is 0.0446. The van der Waals surface area contributed by atoms with E-state index in [1.54, 1.807) is 21.9 Å². The molecule has 3 amide bonds. The van der Waals surface area contributed by atoms with Crippen LogP contribution in [0.15, 0.2) is 53.1 Å². The lowest BCUT2D eigenvalue weighted by molar-refractivity contribution is -0.139. The third-order valence-electron chi connectivity index (χ3n) is 5.99. The van der Waals surface area contributed by atoms with Crippen LogP contribution < -0.4 is 5.32 Å². The van der Waals surface area contributed by atoms with Gasteiger partial charge in [0.15, 0.2) is 5.76 Å². The summed E-state index contributed by atoms with van der Waals surface area (Å²) < 4.78 is 5.18. The maximum Gasteiger partial charge on any atom is 0.289 e. The lowest BCUT2D eigenvalue weighted by Gasteiger charge is -2.38. The van der Waals surface area contributed by atoms with E-state index in [1.807, 2.05) is 18.2 Å². The van der Waals surface area contributed by atoms with Gasteiger partial charge in [-0.3, -0.25) is 19.3 Å². The number of amides is 3. The van der Waals surface area contributed by atoms with Crippen LogP contribution in [-0.2, 0) is 16.0 Å². The van der Waals surface area contributed by atoms with Crippen LogP contribution in [0.4, 0.5) is 0 Å². The Morgan fingerprint density at radius 3 is 2.42 bits per heavy atom. The van der Waals surface area contributed by atoms with Crippen molar-refractivity contribution < 1.29 is 18.8 Å². The van der Waals surface area contributed by atoms with E-state index in [1.165, 1.54) is 11.8 Å². The molecule has 2 aliphatic rings. The molecule has 1 aromatic heterocycles. The van der Waals surface area contributed by atoms with Crippen molar-refractivity contribution in [3.63, 3.8) is 0 Å². The fraction of sp³-hybridized carbons (Fsp3) is 0.435. The number of rotatable bonds is 6. The van der Waals surface area contributed by atoms with E-state index in [4.69, 9.17) is 4.42 Å². The molecule has 1 unspecified atom stereocenters. The largest absolute Gasteiger partial charge is 0.459 e. The van der Waals surface area contributed by atoms with Crippen molar-refractivity contribution >= 4 is 17.7 Å². The Balaban J connectivity index is 1.30. The molecule has 0 radical (unpaired) electrons. The van der Waals surface area contributed by atoms with Crippen LogP contribution >= 0.6 is 0 Å². The Labute approximate surface area is 181 Å². The molecule has 164 valence electrons. The molecule has 1 atom stereocenters. The molecule has 0 saturated carbocycles. The van der Waals surface area contributed by atoms with E-state index in [-0.39, 0.29) is 24.1 Å². The van der Waals surface area contributed by atoms with Gasteiger partial charge in [0.25, 0.3) is 5.91 Å². The van der Waals surface area contributed by atoms with E-state index in [2.05, 4.69) is 22.3 Å². The van der Waals surface area contributed by atoms with E-state index >= 15 is 0 Å². The van der Waals surface area contributed by atoms with Crippen LogP contribution in [-0.4, -0.2) is 84.3 Å². The third kappa shape index (κ3) is 5.14. The summed E-state index contributed by atoms with van der Waals surface area (Å²) in [5, 5.41) is 2.89. The molecule has 8 heteroatoms. The van der Waals surface area contributed by atoms with Gasteiger partial charge in [-0.05, 0) is 24.1 Å². The van der Waals surface area contributed by atoms with E-state index in [0.717, 1.165) is 19.5 Å². The van der Waals surface area contributed by atoms with Gasteiger partial charge < -0.3 is 19.5 Å². The number of furan rings is 1. The van der Waals surface area contributed by atoms with Crippen molar-refractivity contribution in [1.82, 2.24) is 20.0 Å². The first-order chi connectivity index (χ1) is 15.1. The number of carbonyl (C=O) groups is 3. The van der Waals surface area contributed by atoms with Crippen molar-refractivity contribution in [2.24, 2.45) is 0 Å². The van der Waals surface area contributed by atoms with E-state index in [0.29, 0.717) is 38.5 Å². The molecule has 1 aromatic carbocycles. The maximum absolute atomic E-state index is 12.9. The number of nitrogens with zero attached hydrogens (tertiary/aromatic N) is 3. The predicted molar refractivity (Wildman–Crippen MR) is 114 cm³/mol. The maximum atomic E-state index is 12.9. The fourth-order valence-electron chi connectivity index (χ4n) is 4.18. The summed E-state index contributed by atoms with van der Waals surface area (Å²) in [4.78, 5) is 43.4. The molecule has 3 heterocycles. The first-order valence-electron chi connectivity index (χ1n) is 10.8. The minimum Gasteiger partial charge on any atom is -0.459 e. The van der Waals surface area contributed by atoms with Gasteiger partial charge in [0.05, 0.1) is 18.7 Å². The number of carbonyl (C=O) groups excluding carboxylic acids is 3. The Morgan fingerprint density at radius 2 is 1.71 bits per heavy atom. The van der Waals surface area contributed by atoms with Crippen molar-refractivity contribution in [1.29, 1.82) is 0 Å². The molecule has 2 saturated heterocycles. The molecule has 2 aromatic rings. The number of nitrogens with one attached hydrogen (secondary N) is 1. The van der Waals surface area contributed by atoms with E-state index in [9.17, 15) is 14.4 Å². The van der Waals surface area contributed by atoms with Gasteiger partial charge in [-0.2, -0.15) is 0 Å². The molecule has 2 aliphatic heterocycles. The molecular weight excluding hydrogens is 396 g/mol. The van der Waals surface area contributed by atoms with Gasteiger partial charge in [-0.15, -0.1) is 0 Å². The number of hydrogen-bond donors (Lipinski definition) is 1. The van der Waals surface area contributed by atoms with Crippen LogP contribution in [0.2, 0.25) is 0 Å². The van der Waals surface area contributed by atoms with Crippen LogP contribution in [0.5, 0.6) is 0 Å². The smallest absolute Gasteiger partial charge is 0.289 e. The second-order valence-electron chi connectivity index (χ2n) is 7.93. The zero-order valence-electron chi connectivity index (χ0n) is 17.5. The second kappa shape index (κ2) is 9.78. The Hall–Kier alpha value is -3.13. The summed E-state index contributed by atoms with van der Waals surface area (Å²) in [6.45, 7) is 3.92. The van der Waals surface area contributed by atoms with Crippen LogP contribution in [0.1, 0.15) is 22.5 Å². The zero-order valence-corrected chi connectivity index (χ0v) is 17.5. The topological polar surface area (TPSA) is 86.1 Å². The molecule has 2 fully saturated rings. The average Bonchev–Trinajstić information content (AvgIpc) is 3.35. The van der Waals surface area contributed by atoms with Crippen molar-refractivity contribution in [3.05, 3.63) is 60.1 Å². The first kappa shape index (κ1) is 21.1. The fourth-order valence-corrected chi connectivity index (χ4v) is 4.18. The van der Waals surface area contributed by atoms with Crippen LogP contribution in [0.25, 0.3) is 0 Å². The van der Waals surface area contributed by atoms with Gasteiger partial charge in [0, 0.05) is 45.8 Å². The highest BCUT2D eigenvalue weighted by molar-refractivity contribution is 5.92. The number of piperazine rings is 2. The summed E-state index contributed by atoms with van der Waals surface area (Å²) in [6.07, 6.45) is 2.48. The predicted octanol–water partition coefficient (Wildman–Crippen LogP) is 0.997. The van der Waals surface area contributed by atoms with Gasteiger partial charge in [-0.25, -0.2) is 0 Å². The van der Waals surface area contributed by atoms with Gasteiger partial charge in [0.2, 0.25) is 11.8 Å². The minimum atomic E-state index is -0.451. The highest BCUT2D eigenvalue weighted by atomic mass is 16.3. The SMILES string of the molecule is O=C1NCCN(CCc2ccccc2)C1CC(=O)N1CCN(C(=O)c2ccco2)CC1. The molecule has 31 heavy (non-hydrogen) atoms. The summed E-state index contributed by atoms with van der Waals surface area (Å²) in [7, 11) is 0. The van der Waals surface area contributed by atoms with Crippen LogP contribution in [0, 0.1) is 0 Å². The lowest BCUT2D eigenvalue weighted by Crippen LogP contribution is -2.58. The lowest BCUT2D eigenvalue weighted by atomic mass is 10.1. The van der Waals surface area contributed by atoms with Gasteiger partial charge in [0.1, 0.15) is 0 Å². The Kier molecular flexibility index (Phi) is 6.66. The summed E-state index contributed by atoms with van der Waals surface area (Å²) in [6, 6.07) is 13.0. The number of benzene rings is 1. The monoisotopic (exact) mass is 424 g/mol. The standard InChI is InChI=1S/C23H28N4O4/c28-21(26-12-14-27(15-13-26)23(30)20-7-4-16-31-20)17-19-22(29)24-9-11-25(19)10-8-18-5-2-1-3-6-18/h1-7,16,19H,8-15,17H2,(H,24,29). The molecule has 4 rings (SSSR count). The zero-order chi connectivity index (χ0) is 21.6. The summed E-state index contributed by atoms with van der Waals surface area (Å²) >= 11 is 0.